The molecule has 0 atom stereocenters. The number of amides is 2. The summed E-state index contributed by atoms with van der Waals surface area (Å²) < 4.78 is 14.2. The topological polar surface area (TPSA) is 84.0 Å². The van der Waals surface area contributed by atoms with Crippen molar-refractivity contribution >= 4 is 55.5 Å². The molecule has 3 aromatic carbocycles. The van der Waals surface area contributed by atoms with E-state index < -0.39 is 11.7 Å². The number of aromatic nitrogens is 2. The highest BCUT2D eigenvalue weighted by Crippen LogP contribution is 2.31. The van der Waals surface area contributed by atoms with E-state index in [2.05, 4.69) is 34.7 Å². The van der Waals surface area contributed by atoms with Crippen molar-refractivity contribution in [2.75, 3.05) is 10.6 Å². The molecule has 0 spiro atoms. The van der Waals surface area contributed by atoms with Crippen LogP contribution in [0.25, 0.3) is 20.8 Å². The fourth-order valence-electron chi connectivity index (χ4n) is 3.44. The molecule has 6 nitrogen and oxygen atoms in total. The van der Waals surface area contributed by atoms with E-state index in [0.717, 1.165) is 20.8 Å². The summed E-state index contributed by atoms with van der Waals surface area (Å²) in [6, 6.07) is 19.0. The number of hydrogen-bond acceptors (Lipinski definition) is 6. The molecule has 0 bridgehead atoms. The molecule has 35 heavy (non-hydrogen) atoms. The van der Waals surface area contributed by atoms with E-state index in [1.165, 1.54) is 41.2 Å². The summed E-state index contributed by atoms with van der Waals surface area (Å²) in [7, 11) is 0. The summed E-state index contributed by atoms with van der Waals surface area (Å²) in [5.74, 6) is -1.01. The number of rotatable bonds is 6. The first-order chi connectivity index (χ1) is 16.9. The van der Waals surface area contributed by atoms with E-state index >= 15 is 0 Å². The SMILES string of the molecule is Cc1ccc2nc(-c3ccc(NC(=O)Cc4csc(NC(=O)c5ccc(F)cc5)n4)cc3)sc2c1. The summed E-state index contributed by atoms with van der Waals surface area (Å²) in [5.41, 5.74) is 4.71. The highest BCUT2D eigenvalue weighted by Gasteiger charge is 2.12. The molecular formula is C26H19FN4O2S2. The summed E-state index contributed by atoms with van der Waals surface area (Å²) in [4.78, 5) is 33.7. The van der Waals surface area contributed by atoms with E-state index in [1.807, 2.05) is 30.3 Å². The van der Waals surface area contributed by atoms with Gasteiger partial charge in [-0.2, -0.15) is 0 Å². The average Bonchev–Trinajstić information content (AvgIpc) is 3.46. The highest BCUT2D eigenvalue weighted by atomic mass is 32.1. The van der Waals surface area contributed by atoms with Gasteiger partial charge in [0.05, 0.1) is 22.3 Å². The van der Waals surface area contributed by atoms with Crippen molar-refractivity contribution in [2.45, 2.75) is 13.3 Å². The third-order valence-corrected chi connectivity index (χ3v) is 7.05. The van der Waals surface area contributed by atoms with Crippen LogP contribution in [0, 0.1) is 12.7 Å². The Morgan fingerprint density at radius 2 is 1.71 bits per heavy atom. The molecule has 0 fully saturated rings. The van der Waals surface area contributed by atoms with E-state index in [0.29, 0.717) is 22.1 Å². The van der Waals surface area contributed by atoms with Crippen molar-refractivity contribution in [3.63, 3.8) is 0 Å². The largest absolute Gasteiger partial charge is 0.326 e. The number of hydrogen-bond donors (Lipinski definition) is 2. The van der Waals surface area contributed by atoms with Gasteiger partial charge in [-0.15, -0.1) is 22.7 Å². The summed E-state index contributed by atoms with van der Waals surface area (Å²) in [6.45, 7) is 2.06. The van der Waals surface area contributed by atoms with Crippen LogP contribution in [-0.4, -0.2) is 21.8 Å². The second-order valence-electron chi connectivity index (χ2n) is 7.90. The van der Waals surface area contributed by atoms with Crippen LogP contribution in [0.3, 0.4) is 0 Å². The fourth-order valence-corrected chi connectivity index (χ4v) is 5.21. The fraction of sp³-hybridized carbons (Fsp3) is 0.0769. The standard InChI is InChI=1S/C26H19FN4O2S2/c1-15-2-11-21-22(12-15)35-25(30-21)17-5-9-19(10-6-17)28-23(32)13-20-14-34-26(29-20)31-24(33)16-3-7-18(27)8-4-16/h2-12,14H,13H2,1H3,(H,28,32)(H,29,31,33). The Bertz CT molecular complexity index is 1530. The number of nitrogens with zero attached hydrogens (tertiary/aromatic N) is 2. The minimum Gasteiger partial charge on any atom is -0.326 e. The quantitative estimate of drug-likeness (QED) is 0.285. The third kappa shape index (κ3) is 5.42. The predicted octanol–water partition coefficient (Wildman–Crippen LogP) is 6.30. The molecule has 0 aliphatic rings. The van der Waals surface area contributed by atoms with Gasteiger partial charge in [0, 0.05) is 22.2 Å². The maximum Gasteiger partial charge on any atom is 0.257 e. The number of halogens is 1. The van der Waals surface area contributed by atoms with Crippen LogP contribution in [-0.2, 0) is 11.2 Å². The van der Waals surface area contributed by atoms with Crippen molar-refractivity contribution in [3.05, 3.63) is 94.7 Å². The maximum absolute atomic E-state index is 13.0. The number of thiazole rings is 2. The van der Waals surface area contributed by atoms with E-state index in [9.17, 15) is 14.0 Å². The molecule has 5 aromatic rings. The monoisotopic (exact) mass is 502 g/mol. The number of aryl methyl sites for hydroxylation is 1. The van der Waals surface area contributed by atoms with Crippen LogP contribution in [0.2, 0.25) is 0 Å². The van der Waals surface area contributed by atoms with Crippen molar-refractivity contribution in [1.29, 1.82) is 0 Å². The molecule has 2 amide bonds. The molecule has 0 saturated heterocycles. The molecule has 0 saturated carbocycles. The van der Waals surface area contributed by atoms with Crippen LogP contribution in [0.15, 0.2) is 72.1 Å². The number of benzene rings is 3. The zero-order valence-electron chi connectivity index (χ0n) is 18.5. The molecule has 2 aromatic heterocycles. The van der Waals surface area contributed by atoms with E-state index in [4.69, 9.17) is 4.98 Å². The Kier molecular flexibility index (Phi) is 6.35. The summed E-state index contributed by atoms with van der Waals surface area (Å²) in [6.07, 6.45) is 0.0713. The number of anilines is 2. The van der Waals surface area contributed by atoms with Crippen LogP contribution in [0.1, 0.15) is 21.6 Å². The molecule has 0 aliphatic heterocycles. The lowest BCUT2D eigenvalue weighted by Crippen LogP contribution is -2.15. The predicted molar refractivity (Wildman–Crippen MR) is 139 cm³/mol. The molecule has 2 N–H and O–H groups in total. The van der Waals surface area contributed by atoms with Crippen LogP contribution in [0.5, 0.6) is 0 Å². The molecule has 5 rings (SSSR count). The van der Waals surface area contributed by atoms with Crippen molar-refractivity contribution in [3.8, 4) is 10.6 Å². The zero-order valence-corrected chi connectivity index (χ0v) is 20.2. The van der Waals surface area contributed by atoms with Gasteiger partial charge in [0.15, 0.2) is 5.13 Å². The summed E-state index contributed by atoms with van der Waals surface area (Å²) in [5, 5.41) is 8.56. The molecule has 9 heteroatoms. The van der Waals surface area contributed by atoms with Crippen LogP contribution in [0.4, 0.5) is 15.2 Å². The number of fused-ring (bicyclic) bond motifs is 1. The maximum atomic E-state index is 13.0. The third-order valence-electron chi connectivity index (χ3n) is 5.18. The smallest absolute Gasteiger partial charge is 0.257 e. The van der Waals surface area contributed by atoms with Crippen LogP contribution >= 0.6 is 22.7 Å². The Labute approximate surface area is 208 Å². The van der Waals surface area contributed by atoms with E-state index in [1.54, 1.807) is 16.7 Å². The first-order valence-electron chi connectivity index (χ1n) is 10.7. The molecular weight excluding hydrogens is 483 g/mol. The number of nitrogens with one attached hydrogen (secondary N) is 2. The lowest BCUT2D eigenvalue weighted by Gasteiger charge is -2.05. The second kappa shape index (κ2) is 9.73. The van der Waals surface area contributed by atoms with Gasteiger partial charge in [0.1, 0.15) is 10.8 Å². The normalized spacial score (nSPS) is 10.9. The van der Waals surface area contributed by atoms with Gasteiger partial charge in [0.2, 0.25) is 5.91 Å². The lowest BCUT2D eigenvalue weighted by atomic mass is 10.2. The second-order valence-corrected chi connectivity index (χ2v) is 9.79. The molecule has 2 heterocycles. The first kappa shape index (κ1) is 22.8. The van der Waals surface area contributed by atoms with Crippen molar-refractivity contribution in [1.82, 2.24) is 9.97 Å². The van der Waals surface area contributed by atoms with Gasteiger partial charge >= 0.3 is 0 Å². The zero-order chi connectivity index (χ0) is 24.4. The van der Waals surface area contributed by atoms with Gasteiger partial charge < -0.3 is 5.32 Å². The van der Waals surface area contributed by atoms with Crippen molar-refractivity contribution < 1.29 is 14.0 Å². The minimum absolute atomic E-state index is 0.0713. The molecule has 0 aliphatic carbocycles. The highest BCUT2D eigenvalue weighted by molar-refractivity contribution is 7.21. The van der Waals surface area contributed by atoms with Gasteiger partial charge in [0.25, 0.3) is 5.91 Å². The van der Waals surface area contributed by atoms with Gasteiger partial charge in [-0.25, -0.2) is 14.4 Å². The number of carbonyl (C=O) groups is 2. The summed E-state index contributed by atoms with van der Waals surface area (Å²) >= 11 is 2.86. The number of carbonyl (C=O) groups excluding carboxylic acids is 2. The Hall–Kier alpha value is -3.95. The van der Waals surface area contributed by atoms with E-state index in [-0.39, 0.29) is 12.3 Å². The molecule has 0 unspecified atom stereocenters. The van der Waals surface area contributed by atoms with Gasteiger partial charge in [-0.05, 0) is 73.2 Å². The Balaban J connectivity index is 1.18. The molecule has 0 radical (unpaired) electrons. The van der Waals surface area contributed by atoms with Crippen LogP contribution < -0.4 is 10.6 Å². The Morgan fingerprint density at radius 3 is 2.49 bits per heavy atom. The van der Waals surface area contributed by atoms with Gasteiger partial charge in [-0.1, -0.05) is 6.07 Å². The lowest BCUT2D eigenvalue weighted by molar-refractivity contribution is -0.115. The van der Waals surface area contributed by atoms with Crippen molar-refractivity contribution in [2.24, 2.45) is 0 Å². The average molecular weight is 503 g/mol. The first-order valence-corrected chi connectivity index (χ1v) is 12.4. The van der Waals surface area contributed by atoms with Gasteiger partial charge in [-0.3, -0.25) is 14.9 Å². The Morgan fingerprint density at radius 1 is 0.943 bits per heavy atom. The minimum atomic E-state index is -0.412. The molecule has 174 valence electrons.